The van der Waals surface area contributed by atoms with Crippen molar-refractivity contribution in [2.45, 2.75) is 79.2 Å². The highest BCUT2D eigenvalue weighted by Crippen LogP contribution is 2.27. The fraction of sp³-hybridized carbons (Fsp3) is 1.00. The molecule has 0 aliphatic carbocycles. The Bertz CT molecular complexity index is 163. The molecule has 0 aromatic heterocycles. The molecule has 0 amide bonds. The first-order valence-corrected chi connectivity index (χ1v) is 6.35. The van der Waals surface area contributed by atoms with Crippen LogP contribution in [0.15, 0.2) is 0 Å². The van der Waals surface area contributed by atoms with Crippen LogP contribution < -0.4 is 0 Å². The minimum absolute atomic E-state index is 0.397. The molecule has 0 aromatic rings. The van der Waals surface area contributed by atoms with E-state index < -0.39 is 5.60 Å². The van der Waals surface area contributed by atoms with E-state index in [1.165, 1.54) is 6.42 Å². The average Bonchev–Trinajstić information content (AvgIpc) is 1.98. The first kappa shape index (κ1) is 15.0. The second-order valence-electron chi connectivity index (χ2n) is 6.84. The fourth-order valence-electron chi connectivity index (χ4n) is 1.72. The van der Waals surface area contributed by atoms with E-state index in [0.29, 0.717) is 11.3 Å². The number of hydrogen-bond donors (Lipinski definition) is 1. The van der Waals surface area contributed by atoms with E-state index in [-0.39, 0.29) is 0 Å². The molecule has 1 heteroatoms. The van der Waals surface area contributed by atoms with E-state index in [9.17, 15) is 5.11 Å². The molecule has 0 aliphatic rings. The second kappa shape index (κ2) is 5.89. The van der Waals surface area contributed by atoms with Gasteiger partial charge in [0.2, 0.25) is 0 Å². The maximum absolute atomic E-state index is 10.2. The van der Waals surface area contributed by atoms with Gasteiger partial charge in [0.05, 0.1) is 5.60 Å². The summed E-state index contributed by atoms with van der Waals surface area (Å²) in [4.78, 5) is 0. The summed E-state index contributed by atoms with van der Waals surface area (Å²) in [6, 6.07) is 0. The molecule has 15 heavy (non-hydrogen) atoms. The van der Waals surface area contributed by atoms with Crippen LogP contribution in [0.25, 0.3) is 0 Å². The Balaban J connectivity index is 3.74. The third-order valence-corrected chi connectivity index (χ3v) is 2.90. The van der Waals surface area contributed by atoms with Gasteiger partial charge in [0.1, 0.15) is 0 Å². The molecule has 0 spiro atoms. The summed E-state index contributed by atoms with van der Waals surface area (Å²) in [5.41, 5.74) is -0.0519. The van der Waals surface area contributed by atoms with E-state index in [4.69, 9.17) is 0 Å². The highest BCUT2D eigenvalue weighted by Gasteiger charge is 2.21. The lowest BCUT2D eigenvalue weighted by molar-refractivity contribution is 0.0320. The van der Waals surface area contributed by atoms with Gasteiger partial charge in [-0.15, -0.1) is 0 Å². The van der Waals surface area contributed by atoms with Gasteiger partial charge in [-0.3, -0.25) is 0 Å². The van der Waals surface area contributed by atoms with Gasteiger partial charge in [-0.2, -0.15) is 0 Å². The van der Waals surface area contributed by atoms with Crippen LogP contribution in [0.4, 0.5) is 0 Å². The van der Waals surface area contributed by atoms with Gasteiger partial charge in [0, 0.05) is 0 Å². The Morgan fingerprint density at radius 2 is 1.47 bits per heavy atom. The molecule has 0 fully saturated rings. The predicted molar refractivity (Wildman–Crippen MR) is 68.0 cm³/mol. The first-order valence-electron chi connectivity index (χ1n) is 6.35. The van der Waals surface area contributed by atoms with E-state index in [1.54, 1.807) is 0 Å². The average molecular weight is 214 g/mol. The van der Waals surface area contributed by atoms with Crippen LogP contribution in [-0.2, 0) is 0 Å². The van der Waals surface area contributed by atoms with Crippen molar-refractivity contribution in [1.29, 1.82) is 0 Å². The predicted octanol–water partition coefficient (Wildman–Crippen LogP) is 4.39. The summed E-state index contributed by atoms with van der Waals surface area (Å²) >= 11 is 0. The van der Waals surface area contributed by atoms with Crippen LogP contribution in [0.3, 0.4) is 0 Å². The summed E-state index contributed by atoms with van der Waals surface area (Å²) in [7, 11) is 0. The van der Waals surface area contributed by atoms with Crippen molar-refractivity contribution in [2.75, 3.05) is 0 Å². The monoisotopic (exact) mass is 214 g/mol. The van der Waals surface area contributed by atoms with E-state index in [2.05, 4.69) is 34.6 Å². The normalized spacial score (nSPS) is 16.8. The Hall–Kier alpha value is -0.0400. The van der Waals surface area contributed by atoms with Gasteiger partial charge in [-0.25, -0.2) is 0 Å². The molecule has 0 aliphatic heterocycles. The molecule has 0 bridgehead atoms. The van der Waals surface area contributed by atoms with Crippen LogP contribution in [-0.4, -0.2) is 10.7 Å². The van der Waals surface area contributed by atoms with Crippen LogP contribution in [0.2, 0.25) is 0 Å². The van der Waals surface area contributed by atoms with Crippen molar-refractivity contribution in [1.82, 2.24) is 0 Å². The summed E-state index contributed by atoms with van der Waals surface area (Å²) < 4.78 is 0. The molecule has 0 heterocycles. The molecule has 1 atom stereocenters. The Kier molecular flexibility index (Phi) is 5.87. The summed E-state index contributed by atoms with van der Waals surface area (Å²) in [5, 5.41) is 10.2. The Morgan fingerprint density at radius 3 is 1.87 bits per heavy atom. The molecular weight excluding hydrogens is 184 g/mol. The van der Waals surface area contributed by atoms with Crippen LogP contribution >= 0.6 is 0 Å². The van der Waals surface area contributed by atoms with Crippen molar-refractivity contribution in [3.05, 3.63) is 0 Å². The van der Waals surface area contributed by atoms with Gasteiger partial charge < -0.3 is 5.11 Å². The molecule has 1 unspecified atom stereocenters. The zero-order chi connectivity index (χ0) is 12.1. The molecule has 0 rings (SSSR count). The maximum Gasteiger partial charge on any atom is 0.0619 e. The molecule has 1 N–H and O–H groups in total. The number of hydrogen-bond acceptors (Lipinski definition) is 1. The largest absolute Gasteiger partial charge is 0.390 e. The molecular formula is C14H30O. The fourth-order valence-corrected chi connectivity index (χ4v) is 1.72. The summed E-state index contributed by atoms with van der Waals surface area (Å²) in [5.74, 6) is 0.694. The highest BCUT2D eigenvalue weighted by atomic mass is 16.3. The lowest BCUT2D eigenvalue weighted by Gasteiger charge is -2.26. The van der Waals surface area contributed by atoms with Crippen LogP contribution in [0.5, 0.6) is 0 Å². The summed E-state index contributed by atoms with van der Waals surface area (Å²) in [6.45, 7) is 13.2. The zero-order valence-corrected chi connectivity index (χ0v) is 11.6. The molecule has 1 nitrogen and oxygen atoms in total. The van der Waals surface area contributed by atoms with Crippen LogP contribution in [0, 0.1) is 11.3 Å². The van der Waals surface area contributed by atoms with Crippen LogP contribution in [0.1, 0.15) is 73.6 Å². The highest BCUT2D eigenvalue weighted by molar-refractivity contribution is 4.74. The zero-order valence-electron chi connectivity index (χ0n) is 11.6. The third kappa shape index (κ3) is 10.2. The molecule has 92 valence electrons. The van der Waals surface area contributed by atoms with Gasteiger partial charge in [0.15, 0.2) is 0 Å². The Morgan fingerprint density at radius 1 is 0.933 bits per heavy atom. The minimum atomic E-state index is -0.449. The quantitative estimate of drug-likeness (QED) is 0.695. The SMILES string of the molecule is CC(C)CCC(C)(O)CCCC(C)(C)C. The Labute approximate surface area is 96.3 Å². The third-order valence-electron chi connectivity index (χ3n) is 2.90. The van der Waals surface area contributed by atoms with Crippen molar-refractivity contribution < 1.29 is 5.11 Å². The number of aliphatic hydroxyl groups is 1. The van der Waals surface area contributed by atoms with E-state index >= 15 is 0 Å². The topological polar surface area (TPSA) is 20.2 Å². The minimum Gasteiger partial charge on any atom is -0.390 e. The van der Waals surface area contributed by atoms with Crippen molar-refractivity contribution in [3.63, 3.8) is 0 Å². The molecule has 0 saturated carbocycles. The van der Waals surface area contributed by atoms with E-state index in [0.717, 1.165) is 25.7 Å². The molecule has 0 aromatic carbocycles. The second-order valence-corrected chi connectivity index (χ2v) is 6.84. The first-order chi connectivity index (χ1) is 6.62. The smallest absolute Gasteiger partial charge is 0.0619 e. The lowest BCUT2D eigenvalue weighted by Crippen LogP contribution is -2.25. The molecule has 0 saturated heterocycles. The number of rotatable bonds is 6. The van der Waals surface area contributed by atoms with Gasteiger partial charge in [-0.1, -0.05) is 41.0 Å². The van der Waals surface area contributed by atoms with Gasteiger partial charge in [-0.05, 0) is 43.9 Å². The van der Waals surface area contributed by atoms with Crippen molar-refractivity contribution in [3.8, 4) is 0 Å². The van der Waals surface area contributed by atoms with E-state index in [1.807, 2.05) is 6.92 Å². The standard InChI is InChI=1S/C14H30O/c1-12(2)8-11-14(6,15)10-7-9-13(3,4)5/h12,15H,7-11H2,1-6H3. The van der Waals surface area contributed by atoms with Crippen molar-refractivity contribution in [2.24, 2.45) is 11.3 Å². The molecule has 0 radical (unpaired) electrons. The van der Waals surface area contributed by atoms with Gasteiger partial charge in [0.25, 0.3) is 0 Å². The maximum atomic E-state index is 10.2. The van der Waals surface area contributed by atoms with Gasteiger partial charge >= 0.3 is 0 Å². The lowest BCUT2D eigenvalue weighted by atomic mass is 9.85. The van der Waals surface area contributed by atoms with Crippen molar-refractivity contribution >= 4 is 0 Å². The summed E-state index contributed by atoms with van der Waals surface area (Å²) in [6.07, 6.45) is 5.34.